The number of hydrogen-bond acceptors (Lipinski definition) is 6. The quantitative estimate of drug-likeness (QED) is 0.498. The molecule has 0 radical (unpaired) electrons. The Bertz CT molecular complexity index is 886. The van der Waals surface area contributed by atoms with Crippen LogP contribution in [-0.4, -0.2) is 28.8 Å². The summed E-state index contributed by atoms with van der Waals surface area (Å²) in [6.45, 7) is 1.42. The maximum absolute atomic E-state index is 5.63. The second kappa shape index (κ2) is 8.27. The maximum atomic E-state index is 5.63. The van der Waals surface area contributed by atoms with Crippen molar-refractivity contribution < 1.29 is 9.15 Å². The fourth-order valence-corrected chi connectivity index (χ4v) is 4.17. The van der Waals surface area contributed by atoms with E-state index < -0.39 is 0 Å². The number of ether oxygens (including phenoxy) is 1. The highest BCUT2D eigenvalue weighted by molar-refractivity contribution is 9.11. The van der Waals surface area contributed by atoms with Crippen LogP contribution >= 0.6 is 39.5 Å². The molecule has 0 saturated carbocycles. The van der Waals surface area contributed by atoms with E-state index in [9.17, 15) is 0 Å². The predicted molar refractivity (Wildman–Crippen MR) is 105 cm³/mol. The van der Waals surface area contributed by atoms with Crippen LogP contribution in [0.4, 0.5) is 0 Å². The molecule has 2 aromatic heterocycles. The van der Waals surface area contributed by atoms with E-state index in [1.165, 1.54) is 4.88 Å². The van der Waals surface area contributed by atoms with Gasteiger partial charge >= 0.3 is 0 Å². The second-order valence-electron chi connectivity index (χ2n) is 5.65. The van der Waals surface area contributed by atoms with E-state index in [2.05, 4.69) is 38.1 Å². The predicted octanol–water partition coefficient (Wildman–Crippen LogP) is 4.72. The molecule has 0 fully saturated rings. The van der Waals surface area contributed by atoms with E-state index in [-0.39, 0.29) is 0 Å². The van der Waals surface area contributed by atoms with Crippen LogP contribution in [0.1, 0.15) is 16.3 Å². The van der Waals surface area contributed by atoms with E-state index in [4.69, 9.17) is 21.4 Å². The summed E-state index contributed by atoms with van der Waals surface area (Å²) in [4.78, 5) is 3.82. The van der Waals surface area contributed by atoms with Crippen molar-refractivity contribution in [1.82, 2.24) is 14.7 Å². The Balaban J connectivity index is 1.64. The van der Waals surface area contributed by atoms with Gasteiger partial charge in [-0.2, -0.15) is 0 Å². The Morgan fingerprint density at radius 3 is 2.68 bits per heavy atom. The third-order valence-corrected chi connectivity index (χ3v) is 5.49. The highest BCUT2D eigenvalue weighted by atomic mass is 79.9. The van der Waals surface area contributed by atoms with Gasteiger partial charge < -0.3 is 9.15 Å². The van der Waals surface area contributed by atoms with Crippen molar-refractivity contribution in [3.05, 3.63) is 61.4 Å². The number of hydrogen-bond donors (Lipinski definition) is 0. The van der Waals surface area contributed by atoms with E-state index in [0.717, 1.165) is 21.6 Å². The Morgan fingerprint density at radius 1 is 1.28 bits per heavy atom. The maximum Gasteiger partial charge on any atom is 0.288 e. The smallest absolute Gasteiger partial charge is 0.288 e. The topological polar surface area (TPSA) is 43.4 Å². The molecule has 0 N–H and O–H groups in total. The first-order chi connectivity index (χ1) is 12.0. The van der Waals surface area contributed by atoms with Crippen molar-refractivity contribution in [2.45, 2.75) is 19.6 Å². The summed E-state index contributed by atoms with van der Waals surface area (Å²) in [5, 5.41) is 4.50. The number of benzene rings is 1. The Morgan fingerprint density at radius 2 is 2.04 bits per heavy atom. The van der Waals surface area contributed by atoms with Crippen molar-refractivity contribution in [3.63, 3.8) is 0 Å². The molecule has 0 bridgehead atoms. The van der Waals surface area contributed by atoms with Gasteiger partial charge in [0.2, 0.25) is 5.89 Å². The molecule has 0 unspecified atom stereocenters. The number of rotatable bonds is 7. The van der Waals surface area contributed by atoms with E-state index >= 15 is 0 Å². The lowest BCUT2D eigenvalue weighted by Gasteiger charge is -2.14. The lowest BCUT2D eigenvalue weighted by atomic mass is 10.1. The van der Waals surface area contributed by atoms with Gasteiger partial charge in [0.1, 0.15) is 5.75 Å². The van der Waals surface area contributed by atoms with E-state index in [0.29, 0.717) is 23.8 Å². The molecule has 8 heteroatoms. The minimum Gasteiger partial charge on any atom is -0.497 e. The molecule has 0 spiro atoms. The van der Waals surface area contributed by atoms with Gasteiger partial charge in [-0.05, 0) is 65.0 Å². The molecule has 0 aliphatic rings. The Labute approximate surface area is 164 Å². The van der Waals surface area contributed by atoms with Crippen LogP contribution in [0.15, 0.2) is 44.6 Å². The molecule has 3 rings (SSSR count). The Hall–Kier alpha value is -1.48. The molecule has 3 aromatic rings. The van der Waals surface area contributed by atoms with Crippen molar-refractivity contribution in [3.8, 4) is 5.75 Å². The molecule has 0 atom stereocenters. The average Bonchev–Trinajstić information content (AvgIpc) is 3.14. The lowest BCUT2D eigenvalue weighted by molar-refractivity contribution is 0.242. The largest absolute Gasteiger partial charge is 0.497 e. The number of thiophene rings is 1. The second-order valence-corrected chi connectivity index (χ2v) is 8.54. The highest BCUT2D eigenvalue weighted by Gasteiger charge is 2.10. The molecular formula is C17H18BrN3O2S2. The van der Waals surface area contributed by atoms with Gasteiger partial charge in [0, 0.05) is 11.4 Å². The lowest BCUT2D eigenvalue weighted by Crippen LogP contribution is -2.22. The van der Waals surface area contributed by atoms with Gasteiger partial charge in [-0.25, -0.2) is 4.68 Å². The van der Waals surface area contributed by atoms with Crippen LogP contribution in [0.2, 0.25) is 0 Å². The standard InChI is InChI=1S/C17H18BrN3O2S2/c1-20(10-14-7-8-15(18)25-14)11-21-17(24)23-16(19-21)9-12-3-5-13(22-2)6-4-12/h3-8H,9-11H2,1-2H3. The minimum absolute atomic E-state index is 0.391. The molecule has 0 amide bonds. The first-order valence-electron chi connectivity index (χ1n) is 7.66. The molecule has 25 heavy (non-hydrogen) atoms. The van der Waals surface area contributed by atoms with Crippen LogP contribution in [0.5, 0.6) is 5.75 Å². The summed E-state index contributed by atoms with van der Waals surface area (Å²) in [6, 6.07) is 12.0. The highest BCUT2D eigenvalue weighted by Crippen LogP contribution is 2.23. The molecule has 5 nitrogen and oxygen atoms in total. The zero-order chi connectivity index (χ0) is 17.8. The van der Waals surface area contributed by atoms with Crippen molar-refractivity contribution in [2.75, 3.05) is 14.2 Å². The average molecular weight is 440 g/mol. The molecule has 2 heterocycles. The molecule has 132 valence electrons. The Kier molecular flexibility index (Phi) is 6.06. The normalized spacial score (nSPS) is 11.2. The van der Waals surface area contributed by atoms with Crippen LogP contribution in [0.3, 0.4) is 0 Å². The van der Waals surface area contributed by atoms with Crippen LogP contribution in [0.25, 0.3) is 0 Å². The van der Waals surface area contributed by atoms with Crippen LogP contribution < -0.4 is 4.74 Å². The van der Waals surface area contributed by atoms with Gasteiger partial charge in [0.05, 0.1) is 24.0 Å². The van der Waals surface area contributed by atoms with Crippen LogP contribution in [-0.2, 0) is 19.6 Å². The van der Waals surface area contributed by atoms with Crippen molar-refractivity contribution >= 4 is 39.5 Å². The van der Waals surface area contributed by atoms with Gasteiger partial charge in [0.25, 0.3) is 4.84 Å². The number of methoxy groups -OCH3 is 1. The molecule has 1 aromatic carbocycles. The first-order valence-corrected chi connectivity index (χ1v) is 9.68. The zero-order valence-electron chi connectivity index (χ0n) is 13.9. The number of nitrogens with zero attached hydrogens (tertiary/aromatic N) is 3. The van der Waals surface area contributed by atoms with Crippen LogP contribution in [0, 0.1) is 4.84 Å². The summed E-state index contributed by atoms with van der Waals surface area (Å²) >= 11 is 10.5. The molecule has 0 aliphatic heterocycles. The van der Waals surface area contributed by atoms with Crippen molar-refractivity contribution in [1.29, 1.82) is 0 Å². The summed E-state index contributed by atoms with van der Waals surface area (Å²) in [6.07, 6.45) is 0.599. The zero-order valence-corrected chi connectivity index (χ0v) is 17.2. The summed E-state index contributed by atoms with van der Waals surface area (Å²) in [7, 11) is 3.69. The summed E-state index contributed by atoms with van der Waals surface area (Å²) in [5.41, 5.74) is 1.10. The minimum atomic E-state index is 0.391. The van der Waals surface area contributed by atoms with E-state index in [1.807, 2.05) is 31.3 Å². The van der Waals surface area contributed by atoms with Gasteiger partial charge in [-0.1, -0.05) is 12.1 Å². The monoisotopic (exact) mass is 439 g/mol. The molecule has 0 aliphatic carbocycles. The van der Waals surface area contributed by atoms with Gasteiger partial charge in [-0.15, -0.1) is 16.4 Å². The van der Waals surface area contributed by atoms with E-state index in [1.54, 1.807) is 23.1 Å². The molecular weight excluding hydrogens is 422 g/mol. The van der Waals surface area contributed by atoms with Gasteiger partial charge in [-0.3, -0.25) is 4.90 Å². The number of halogens is 1. The summed E-state index contributed by atoms with van der Waals surface area (Å²) in [5.74, 6) is 1.44. The summed E-state index contributed by atoms with van der Waals surface area (Å²) < 4.78 is 13.7. The molecule has 0 saturated heterocycles. The first kappa shape index (κ1) is 18.3. The third kappa shape index (κ3) is 5.01. The fourth-order valence-electron chi connectivity index (χ4n) is 2.41. The SMILES string of the molecule is COc1ccc(Cc2nn(CN(C)Cc3ccc(Br)s3)c(=S)o2)cc1. The third-order valence-electron chi connectivity index (χ3n) is 3.59. The number of aromatic nitrogens is 2. The van der Waals surface area contributed by atoms with Gasteiger partial charge in [0.15, 0.2) is 0 Å². The fraction of sp³-hybridized carbons (Fsp3) is 0.294. The van der Waals surface area contributed by atoms with Crippen molar-refractivity contribution in [2.24, 2.45) is 0 Å².